The average molecular weight is 274 g/mol. The quantitative estimate of drug-likeness (QED) is 0.691. The minimum Gasteiger partial charge on any atom is -0.388 e. The molecule has 0 aromatic heterocycles. The van der Waals surface area contributed by atoms with Gasteiger partial charge < -0.3 is 10.8 Å². The molecule has 0 spiro atoms. The summed E-state index contributed by atoms with van der Waals surface area (Å²) < 4.78 is 26.1. The molecule has 2 unspecified atom stereocenters. The number of nitrogens with one attached hydrogen (secondary N) is 1. The highest BCUT2D eigenvalue weighted by molar-refractivity contribution is 7.99. The van der Waals surface area contributed by atoms with Crippen LogP contribution in [0.3, 0.4) is 0 Å². The molecule has 0 fully saturated rings. The Bertz CT molecular complexity index is 514. The summed E-state index contributed by atoms with van der Waals surface area (Å²) in [6.07, 6.45) is -0.910. The van der Waals surface area contributed by atoms with Gasteiger partial charge in [-0.2, -0.15) is 0 Å². The third kappa shape index (κ3) is 3.71. The normalized spacial score (nSPS) is 15.7. The third-order valence-electron chi connectivity index (χ3n) is 2.29. The topological polar surface area (TPSA) is 92.4 Å². The Hall–Kier alpha value is -1.60. The summed E-state index contributed by atoms with van der Waals surface area (Å²) in [7, 11) is -2.99. The highest BCUT2D eigenvalue weighted by atomic mass is 32.2. The van der Waals surface area contributed by atoms with Crippen molar-refractivity contribution in [3.8, 4) is 0 Å². The maximum atomic E-state index is 12.1. The largest absolute Gasteiger partial charge is 0.388 e. The van der Waals surface area contributed by atoms with Crippen molar-refractivity contribution in [3.63, 3.8) is 0 Å². The highest BCUT2D eigenvalue weighted by Gasteiger charge is 2.11. The number of aliphatic hydroxyl groups excluding tert-OH is 1. The fourth-order valence-electron chi connectivity index (χ4n) is 1.40. The number of halogens is 1. The highest BCUT2D eigenvalue weighted by Crippen LogP contribution is 2.19. The monoisotopic (exact) mass is 274 g/mol. The van der Waals surface area contributed by atoms with Crippen molar-refractivity contribution in [2.45, 2.75) is 17.4 Å². The number of alkyl halides is 1. The lowest BCUT2D eigenvalue weighted by Crippen LogP contribution is -2.34. The smallest absolute Gasteiger partial charge is 0.323 e. The van der Waals surface area contributed by atoms with Gasteiger partial charge in [0.15, 0.2) is 0 Å². The van der Waals surface area contributed by atoms with E-state index in [4.69, 9.17) is 5.73 Å². The number of hydrogen-bond acceptors (Lipinski definition) is 3. The number of benzene rings is 1. The maximum absolute atomic E-state index is 12.1. The van der Waals surface area contributed by atoms with E-state index in [-0.39, 0.29) is 11.3 Å². The minimum atomic E-state index is -2.99. The van der Waals surface area contributed by atoms with Crippen LogP contribution in [0.1, 0.15) is 18.1 Å². The molecule has 0 aliphatic carbocycles. The van der Waals surface area contributed by atoms with Gasteiger partial charge in [0.25, 0.3) is 0 Å². The van der Waals surface area contributed by atoms with Crippen LogP contribution in [0.2, 0.25) is 0 Å². The van der Waals surface area contributed by atoms with E-state index in [2.05, 4.69) is 5.87 Å². The zero-order valence-corrected chi connectivity index (χ0v) is 10.5. The van der Waals surface area contributed by atoms with Crippen molar-refractivity contribution < 1.29 is 18.5 Å². The van der Waals surface area contributed by atoms with E-state index in [1.54, 1.807) is 0 Å². The van der Waals surface area contributed by atoms with Crippen molar-refractivity contribution >= 4 is 21.6 Å². The van der Waals surface area contributed by atoms with E-state index >= 15 is 0 Å². The molecule has 0 radical (unpaired) electrons. The molecule has 0 bridgehead atoms. The molecule has 1 aromatic rings. The van der Waals surface area contributed by atoms with Crippen LogP contribution in [0.5, 0.6) is 0 Å². The summed E-state index contributed by atoms with van der Waals surface area (Å²) in [6, 6.07) is 4.97. The van der Waals surface area contributed by atoms with E-state index in [1.807, 2.05) is 4.72 Å². The maximum Gasteiger partial charge on any atom is 0.323 e. The predicted molar refractivity (Wildman–Crippen MR) is 68.2 cm³/mol. The van der Waals surface area contributed by atoms with Gasteiger partial charge in [-0.05, 0) is 23.6 Å². The number of aliphatic hydroxyl groups is 1. The second-order valence-electron chi connectivity index (χ2n) is 3.70. The van der Waals surface area contributed by atoms with E-state index in [0.717, 1.165) is 0 Å². The van der Waals surface area contributed by atoms with Crippen molar-refractivity contribution in [2.75, 3.05) is 6.67 Å². The van der Waals surface area contributed by atoms with E-state index in [1.165, 1.54) is 24.3 Å². The molecule has 4 N–H and O–H groups in total. The van der Waals surface area contributed by atoms with Gasteiger partial charge in [-0.1, -0.05) is 12.1 Å². The summed E-state index contributed by atoms with van der Waals surface area (Å²) in [5.74, 6) is 3.38. The molecule has 18 heavy (non-hydrogen) atoms. The summed E-state index contributed by atoms with van der Waals surface area (Å²) in [4.78, 5) is 10.9. The van der Waals surface area contributed by atoms with Gasteiger partial charge in [-0.3, -0.25) is 9.11 Å². The first kappa shape index (κ1) is 14.5. The van der Waals surface area contributed by atoms with Crippen LogP contribution >= 0.6 is 0 Å². The molecule has 0 heterocycles. The molecule has 0 saturated heterocycles. The van der Waals surface area contributed by atoms with Crippen molar-refractivity contribution in [2.24, 2.45) is 5.73 Å². The Morgan fingerprint density at radius 3 is 2.50 bits per heavy atom. The van der Waals surface area contributed by atoms with Crippen molar-refractivity contribution in [3.05, 3.63) is 29.8 Å². The lowest BCUT2D eigenvalue weighted by atomic mass is 10.1. The summed E-state index contributed by atoms with van der Waals surface area (Å²) in [5, 5.41) is 9.54. The average Bonchev–Trinajstić information content (AvgIpc) is 2.28. The molecular weight excluding hydrogens is 259 g/mol. The molecule has 0 aliphatic rings. The lowest BCUT2D eigenvalue weighted by Gasteiger charge is -2.12. The third-order valence-corrected chi connectivity index (χ3v) is 3.86. The lowest BCUT2D eigenvalue weighted by molar-refractivity contribution is 0.156. The van der Waals surface area contributed by atoms with Crippen LogP contribution in [-0.2, 0) is 9.71 Å². The van der Waals surface area contributed by atoms with Crippen LogP contribution in [0.25, 0.3) is 0 Å². The molecule has 0 saturated carbocycles. The first-order valence-electron chi connectivity index (χ1n) is 5.15. The predicted octanol–water partition coefficient (Wildman–Crippen LogP) is 0.738. The first-order chi connectivity index (χ1) is 8.36. The molecule has 7 heteroatoms. The minimum absolute atomic E-state index is 0.00136. The number of urea groups is 1. The number of primary amides is 1. The summed E-state index contributed by atoms with van der Waals surface area (Å²) >= 11 is 0. The van der Waals surface area contributed by atoms with Gasteiger partial charge >= 0.3 is 6.03 Å². The van der Waals surface area contributed by atoms with Crippen molar-refractivity contribution in [1.29, 1.82) is 0 Å². The zero-order chi connectivity index (χ0) is 13.8. The molecule has 1 aromatic carbocycles. The van der Waals surface area contributed by atoms with E-state index in [0.29, 0.717) is 5.56 Å². The van der Waals surface area contributed by atoms with E-state index < -0.39 is 28.5 Å². The number of hydrogen-bond donors (Lipinski definition) is 3. The standard InChI is InChI=1S/C11H15FN2O3S/c1-18(17,14-11(13)16)9-4-2-8(3-5-9)10(15)6-7-12/h2-5,10,15H,1,6-7H2,(H3,13,14,16,17). The van der Waals surface area contributed by atoms with Gasteiger partial charge in [-0.15, -0.1) is 0 Å². The number of rotatable bonds is 5. The fraction of sp³-hybridized carbons (Fsp3) is 0.273. The van der Waals surface area contributed by atoms with Gasteiger partial charge in [-0.25, -0.2) is 9.00 Å². The van der Waals surface area contributed by atoms with Gasteiger partial charge in [0.2, 0.25) is 0 Å². The fourth-order valence-corrected chi connectivity index (χ4v) is 2.42. The Balaban J connectivity index is 2.92. The number of carbonyl (C=O) groups excluding carboxylic acids is 1. The number of carbonyl (C=O) groups is 1. The van der Waals surface area contributed by atoms with Crippen molar-refractivity contribution in [1.82, 2.24) is 4.72 Å². The second kappa shape index (κ2) is 5.83. The molecule has 100 valence electrons. The van der Waals surface area contributed by atoms with Crippen LogP contribution < -0.4 is 10.5 Å². The molecule has 2 amide bonds. The first-order valence-corrected chi connectivity index (χ1v) is 6.88. The number of amides is 2. The Morgan fingerprint density at radius 1 is 1.50 bits per heavy atom. The van der Waals surface area contributed by atoms with E-state index in [9.17, 15) is 18.5 Å². The second-order valence-corrected chi connectivity index (χ2v) is 5.73. The molecular formula is C11H15FN2O3S. The molecule has 0 aliphatic heterocycles. The Labute approximate surface area is 105 Å². The van der Waals surface area contributed by atoms with Crippen LogP contribution in [0.4, 0.5) is 9.18 Å². The van der Waals surface area contributed by atoms with Crippen LogP contribution in [0, 0.1) is 0 Å². The molecule has 1 rings (SSSR count). The number of nitrogens with two attached hydrogens (primary N) is 1. The SMILES string of the molecule is C=S(=O)(NC(N)=O)c1ccc(C(O)CCF)cc1. The Morgan fingerprint density at radius 2 is 2.06 bits per heavy atom. The van der Waals surface area contributed by atoms with Gasteiger partial charge in [0, 0.05) is 11.3 Å². The summed E-state index contributed by atoms with van der Waals surface area (Å²) in [6.45, 7) is -0.627. The van der Waals surface area contributed by atoms with Crippen LogP contribution in [0.15, 0.2) is 29.2 Å². The van der Waals surface area contributed by atoms with Gasteiger partial charge in [0.05, 0.1) is 22.5 Å². The molecule has 5 nitrogen and oxygen atoms in total. The molecule has 2 atom stereocenters. The van der Waals surface area contributed by atoms with Gasteiger partial charge in [0.1, 0.15) is 0 Å². The Kier molecular flexibility index (Phi) is 4.69. The summed E-state index contributed by atoms with van der Waals surface area (Å²) in [5.41, 5.74) is 5.39. The zero-order valence-electron chi connectivity index (χ0n) is 9.64. The van der Waals surface area contributed by atoms with Crippen LogP contribution in [-0.4, -0.2) is 27.9 Å².